The molecule has 6 nitrogen and oxygen atoms in total. The fourth-order valence-electron chi connectivity index (χ4n) is 2.24. The standard InChI is InChI=1S/C14H19Cl2N3O3/c15-10-7-11(16)14(19-8-10)22-6-3-18-13(20)12(17)9-1-4-21-5-2-9/h7-9,12H,1-6,17H2,(H,18,20). The van der Waals surface area contributed by atoms with Crippen LogP contribution in [0.15, 0.2) is 12.3 Å². The second-order valence-corrected chi connectivity index (χ2v) is 5.90. The molecule has 122 valence electrons. The Hall–Kier alpha value is -1.08. The molecule has 1 atom stereocenters. The number of aromatic nitrogens is 1. The first-order chi connectivity index (χ1) is 10.6. The molecule has 0 saturated carbocycles. The van der Waals surface area contributed by atoms with E-state index in [1.807, 2.05) is 0 Å². The van der Waals surface area contributed by atoms with Gasteiger partial charge in [-0.2, -0.15) is 0 Å². The van der Waals surface area contributed by atoms with E-state index in [1.165, 1.54) is 6.20 Å². The maximum atomic E-state index is 12.0. The topological polar surface area (TPSA) is 86.5 Å². The molecule has 22 heavy (non-hydrogen) atoms. The van der Waals surface area contributed by atoms with Crippen LogP contribution >= 0.6 is 23.2 Å². The molecule has 0 spiro atoms. The van der Waals surface area contributed by atoms with Gasteiger partial charge in [-0.05, 0) is 24.8 Å². The summed E-state index contributed by atoms with van der Waals surface area (Å²) in [5.41, 5.74) is 5.97. The zero-order chi connectivity index (χ0) is 15.9. The predicted octanol–water partition coefficient (Wildman–Crippen LogP) is 1.64. The zero-order valence-corrected chi connectivity index (χ0v) is 13.6. The average Bonchev–Trinajstić information content (AvgIpc) is 2.53. The van der Waals surface area contributed by atoms with Crippen molar-refractivity contribution in [1.29, 1.82) is 0 Å². The summed E-state index contributed by atoms with van der Waals surface area (Å²) in [6.07, 6.45) is 3.08. The largest absolute Gasteiger partial charge is 0.475 e. The smallest absolute Gasteiger partial charge is 0.237 e. The highest BCUT2D eigenvalue weighted by Gasteiger charge is 2.26. The number of carbonyl (C=O) groups excluding carboxylic acids is 1. The quantitative estimate of drug-likeness (QED) is 0.764. The molecular formula is C14H19Cl2N3O3. The summed E-state index contributed by atoms with van der Waals surface area (Å²) >= 11 is 11.7. The van der Waals surface area contributed by atoms with Crippen LogP contribution in [0.25, 0.3) is 0 Å². The molecule has 1 aromatic rings. The Bertz CT molecular complexity index is 510. The van der Waals surface area contributed by atoms with Crippen molar-refractivity contribution in [3.8, 4) is 5.88 Å². The number of nitrogens with one attached hydrogen (secondary N) is 1. The van der Waals surface area contributed by atoms with Gasteiger partial charge in [0.1, 0.15) is 11.6 Å². The van der Waals surface area contributed by atoms with Crippen LogP contribution in [0.2, 0.25) is 10.0 Å². The third-order valence-corrected chi connectivity index (χ3v) is 3.97. The van der Waals surface area contributed by atoms with Crippen molar-refractivity contribution < 1.29 is 14.3 Å². The Morgan fingerprint density at radius 2 is 2.23 bits per heavy atom. The van der Waals surface area contributed by atoms with Gasteiger partial charge in [0.2, 0.25) is 11.8 Å². The van der Waals surface area contributed by atoms with Crippen molar-refractivity contribution in [3.05, 3.63) is 22.3 Å². The fourth-order valence-corrected chi connectivity index (χ4v) is 2.67. The molecule has 0 radical (unpaired) electrons. The molecule has 0 bridgehead atoms. The monoisotopic (exact) mass is 347 g/mol. The molecule has 1 aromatic heterocycles. The Morgan fingerprint density at radius 1 is 1.50 bits per heavy atom. The highest BCUT2D eigenvalue weighted by atomic mass is 35.5. The number of pyridine rings is 1. The van der Waals surface area contributed by atoms with E-state index in [1.54, 1.807) is 6.07 Å². The molecular weight excluding hydrogens is 329 g/mol. The first-order valence-electron chi connectivity index (χ1n) is 7.13. The van der Waals surface area contributed by atoms with Crippen LogP contribution in [-0.2, 0) is 9.53 Å². The summed E-state index contributed by atoms with van der Waals surface area (Å²) in [7, 11) is 0. The second kappa shape index (κ2) is 8.53. The summed E-state index contributed by atoms with van der Waals surface area (Å²) in [6, 6.07) is 1.03. The van der Waals surface area contributed by atoms with Crippen molar-refractivity contribution in [3.63, 3.8) is 0 Å². The number of ether oxygens (including phenoxy) is 2. The van der Waals surface area contributed by atoms with Gasteiger partial charge in [0.15, 0.2) is 0 Å². The Kier molecular flexibility index (Phi) is 6.70. The third kappa shape index (κ3) is 4.98. The van der Waals surface area contributed by atoms with Crippen LogP contribution in [0.4, 0.5) is 0 Å². The highest BCUT2D eigenvalue weighted by molar-refractivity contribution is 6.35. The van der Waals surface area contributed by atoms with Crippen molar-refractivity contribution in [1.82, 2.24) is 10.3 Å². The molecule has 8 heteroatoms. The van der Waals surface area contributed by atoms with Gasteiger partial charge in [0.05, 0.1) is 17.6 Å². The molecule has 1 aliphatic rings. The molecule has 1 unspecified atom stereocenters. The van der Waals surface area contributed by atoms with Crippen molar-refractivity contribution >= 4 is 29.1 Å². The number of halogens is 2. The Labute approximate surface area is 139 Å². The van der Waals surface area contributed by atoms with Gasteiger partial charge in [-0.1, -0.05) is 23.2 Å². The summed E-state index contributed by atoms with van der Waals surface area (Å²) in [5.74, 6) is 0.279. The SMILES string of the molecule is NC(C(=O)NCCOc1ncc(Cl)cc1Cl)C1CCOCC1. The molecule has 2 rings (SSSR count). The Balaban J connectivity index is 1.70. The molecule has 1 amide bonds. The predicted molar refractivity (Wildman–Crippen MR) is 84.3 cm³/mol. The van der Waals surface area contributed by atoms with E-state index in [2.05, 4.69) is 10.3 Å². The lowest BCUT2D eigenvalue weighted by molar-refractivity contribution is -0.124. The number of nitrogens with two attached hydrogens (primary N) is 1. The summed E-state index contributed by atoms with van der Waals surface area (Å²) in [5, 5.41) is 3.52. The van der Waals surface area contributed by atoms with E-state index in [4.69, 9.17) is 38.4 Å². The minimum atomic E-state index is -0.513. The molecule has 0 aromatic carbocycles. The van der Waals surface area contributed by atoms with Gasteiger partial charge in [0, 0.05) is 19.4 Å². The lowest BCUT2D eigenvalue weighted by Gasteiger charge is -2.26. The molecule has 1 saturated heterocycles. The number of carbonyl (C=O) groups is 1. The van der Waals surface area contributed by atoms with Gasteiger partial charge in [-0.3, -0.25) is 4.79 Å². The summed E-state index contributed by atoms with van der Waals surface area (Å²) in [6.45, 7) is 1.90. The van der Waals surface area contributed by atoms with Crippen LogP contribution in [0.3, 0.4) is 0 Å². The molecule has 3 N–H and O–H groups in total. The minimum Gasteiger partial charge on any atom is -0.475 e. The number of rotatable bonds is 6. The number of amides is 1. The van der Waals surface area contributed by atoms with Gasteiger partial charge < -0.3 is 20.5 Å². The van der Waals surface area contributed by atoms with Gasteiger partial charge >= 0.3 is 0 Å². The van der Waals surface area contributed by atoms with Gasteiger partial charge in [0.25, 0.3) is 0 Å². The molecule has 1 aliphatic heterocycles. The average molecular weight is 348 g/mol. The van der Waals surface area contributed by atoms with Crippen LogP contribution in [0.5, 0.6) is 5.88 Å². The normalized spacial score (nSPS) is 17.0. The molecule has 2 heterocycles. The maximum absolute atomic E-state index is 12.0. The second-order valence-electron chi connectivity index (χ2n) is 5.06. The first kappa shape index (κ1) is 17.3. The molecule has 1 fully saturated rings. The van der Waals surface area contributed by atoms with Crippen LogP contribution in [0.1, 0.15) is 12.8 Å². The van der Waals surface area contributed by atoms with Crippen molar-refractivity contribution in [2.24, 2.45) is 11.7 Å². The highest BCUT2D eigenvalue weighted by Crippen LogP contribution is 2.24. The van der Waals surface area contributed by atoms with E-state index in [9.17, 15) is 4.79 Å². The third-order valence-electron chi connectivity index (χ3n) is 3.49. The minimum absolute atomic E-state index is 0.169. The fraction of sp³-hybridized carbons (Fsp3) is 0.571. The van der Waals surface area contributed by atoms with Gasteiger partial charge in [-0.15, -0.1) is 0 Å². The van der Waals surface area contributed by atoms with Crippen LogP contribution < -0.4 is 15.8 Å². The van der Waals surface area contributed by atoms with Crippen LogP contribution in [-0.4, -0.2) is 43.3 Å². The van der Waals surface area contributed by atoms with E-state index in [0.29, 0.717) is 29.8 Å². The lowest BCUT2D eigenvalue weighted by atomic mass is 9.92. The van der Waals surface area contributed by atoms with E-state index >= 15 is 0 Å². The van der Waals surface area contributed by atoms with Crippen molar-refractivity contribution in [2.75, 3.05) is 26.4 Å². The number of hydrogen-bond acceptors (Lipinski definition) is 5. The number of nitrogens with zero attached hydrogens (tertiary/aromatic N) is 1. The summed E-state index contributed by atoms with van der Waals surface area (Å²) < 4.78 is 10.7. The van der Waals surface area contributed by atoms with Crippen molar-refractivity contribution in [2.45, 2.75) is 18.9 Å². The molecule has 0 aliphatic carbocycles. The maximum Gasteiger partial charge on any atom is 0.237 e. The van der Waals surface area contributed by atoms with E-state index < -0.39 is 6.04 Å². The Morgan fingerprint density at radius 3 is 2.91 bits per heavy atom. The zero-order valence-electron chi connectivity index (χ0n) is 12.1. The van der Waals surface area contributed by atoms with E-state index in [0.717, 1.165) is 12.8 Å². The van der Waals surface area contributed by atoms with Gasteiger partial charge in [-0.25, -0.2) is 4.98 Å². The van der Waals surface area contributed by atoms with E-state index in [-0.39, 0.29) is 24.3 Å². The summed E-state index contributed by atoms with van der Waals surface area (Å²) in [4.78, 5) is 15.9. The van der Waals surface area contributed by atoms with Crippen LogP contribution in [0, 0.1) is 5.92 Å². The number of hydrogen-bond donors (Lipinski definition) is 2. The first-order valence-corrected chi connectivity index (χ1v) is 7.88. The lowest BCUT2D eigenvalue weighted by Crippen LogP contribution is -2.47.